The zero-order valence-corrected chi connectivity index (χ0v) is 14.8. The van der Waals surface area contributed by atoms with Crippen LogP contribution in [0.2, 0.25) is 0 Å². The van der Waals surface area contributed by atoms with Gasteiger partial charge in [-0.1, -0.05) is 0 Å². The second kappa shape index (κ2) is 6.38. The smallest absolute Gasteiger partial charge is 0.0557 e. The van der Waals surface area contributed by atoms with Crippen LogP contribution in [0.3, 0.4) is 0 Å². The van der Waals surface area contributed by atoms with Crippen LogP contribution in [0.1, 0.15) is 40.5 Å². The number of hydrogen-bond acceptors (Lipinski definition) is 4. The highest BCUT2D eigenvalue weighted by Crippen LogP contribution is 2.32. The van der Waals surface area contributed by atoms with E-state index >= 15 is 0 Å². The van der Waals surface area contributed by atoms with Crippen molar-refractivity contribution < 1.29 is 4.74 Å². The molecule has 5 heteroatoms. The number of ether oxygens (including phenoxy) is 1. The van der Waals surface area contributed by atoms with Crippen molar-refractivity contribution in [3.8, 4) is 0 Å². The van der Waals surface area contributed by atoms with E-state index in [2.05, 4.69) is 35.4 Å². The van der Waals surface area contributed by atoms with E-state index in [4.69, 9.17) is 4.74 Å². The van der Waals surface area contributed by atoms with Crippen molar-refractivity contribution in [2.45, 2.75) is 38.8 Å². The molecule has 0 aromatic carbocycles. The first-order valence-electron chi connectivity index (χ1n) is 8.54. The molecule has 0 saturated heterocycles. The van der Waals surface area contributed by atoms with Crippen LogP contribution in [0.25, 0.3) is 0 Å². The molecule has 0 amide bonds. The molecule has 0 spiro atoms. The van der Waals surface area contributed by atoms with Crippen LogP contribution in [0.15, 0.2) is 17.6 Å². The summed E-state index contributed by atoms with van der Waals surface area (Å²) in [6, 6.07) is 2.22. The molecule has 3 heterocycles. The summed E-state index contributed by atoms with van der Waals surface area (Å²) in [7, 11) is 2.06. The lowest BCUT2D eigenvalue weighted by Gasteiger charge is -2.32. The Labute approximate surface area is 142 Å². The number of fused-ring (bicyclic) bond motifs is 1. The van der Waals surface area contributed by atoms with E-state index in [-0.39, 0.29) is 0 Å². The predicted molar refractivity (Wildman–Crippen MR) is 92.7 cm³/mol. The van der Waals surface area contributed by atoms with Gasteiger partial charge in [0.05, 0.1) is 18.5 Å². The van der Waals surface area contributed by atoms with Crippen LogP contribution in [-0.4, -0.2) is 34.4 Å². The fourth-order valence-corrected chi connectivity index (χ4v) is 4.34. The molecule has 1 aliphatic heterocycles. The SMILES string of the molecule is Cc1ccsc1CN1Cc2c(cnn2C)C(COCC2CC2)C1. The van der Waals surface area contributed by atoms with Crippen LogP contribution in [-0.2, 0) is 24.9 Å². The predicted octanol–water partition coefficient (Wildman–Crippen LogP) is 3.32. The summed E-state index contributed by atoms with van der Waals surface area (Å²) in [5.74, 6) is 1.28. The van der Waals surface area contributed by atoms with Gasteiger partial charge < -0.3 is 4.74 Å². The van der Waals surface area contributed by atoms with E-state index in [1.54, 1.807) is 0 Å². The Balaban J connectivity index is 1.47. The van der Waals surface area contributed by atoms with Gasteiger partial charge in [-0.3, -0.25) is 9.58 Å². The van der Waals surface area contributed by atoms with E-state index in [1.165, 1.54) is 34.5 Å². The van der Waals surface area contributed by atoms with Crippen LogP contribution in [0.5, 0.6) is 0 Å². The third-order valence-corrected chi connectivity index (χ3v) is 6.10. The second-order valence-electron chi connectivity index (χ2n) is 7.04. The van der Waals surface area contributed by atoms with E-state index in [9.17, 15) is 0 Å². The fraction of sp³-hybridized carbons (Fsp3) is 0.611. The quantitative estimate of drug-likeness (QED) is 0.813. The Hall–Kier alpha value is -1.17. The first kappa shape index (κ1) is 15.4. The van der Waals surface area contributed by atoms with Crippen molar-refractivity contribution in [2.75, 3.05) is 19.8 Å². The Morgan fingerprint density at radius 3 is 2.96 bits per heavy atom. The third-order valence-electron chi connectivity index (χ3n) is 5.09. The normalized spacial score (nSPS) is 21.6. The summed E-state index contributed by atoms with van der Waals surface area (Å²) in [6.45, 7) is 7.07. The topological polar surface area (TPSA) is 30.3 Å². The standard InChI is InChI=1S/C18H25N3OS/c1-13-5-6-23-18(13)10-21-8-15(12-22-11-14-3-4-14)16-7-19-20(2)17(16)9-21/h5-7,14-15H,3-4,8-12H2,1-2H3. The number of aromatic nitrogens is 2. The highest BCUT2D eigenvalue weighted by Gasteiger charge is 2.29. The van der Waals surface area contributed by atoms with Gasteiger partial charge in [-0.15, -0.1) is 11.3 Å². The first-order chi connectivity index (χ1) is 11.2. The van der Waals surface area contributed by atoms with E-state index in [0.29, 0.717) is 5.92 Å². The highest BCUT2D eigenvalue weighted by molar-refractivity contribution is 7.10. The monoisotopic (exact) mass is 331 g/mol. The van der Waals surface area contributed by atoms with Gasteiger partial charge in [-0.2, -0.15) is 5.10 Å². The molecular formula is C18H25N3OS. The van der Waals surface area contributed by atoms with Crippen LogP contribution < -0.4 is 0 Å². The average molecular weight is 331 g/mol. The molecule has 23 heavy (non-hydrogen) atoms. The molecule has 1 aliphatic carbocycles. The summed E-state index contributed by atoms with van der Waals surface area (Å²) in [5, 5.41) is 6.68. The van der Waals surface area contributed by atoms with Gasteiger partial charge in [-0.25, -0.2) is 0 Å². The minimum absolute atomic E-state index is 0.450. The van der Waals surface area contributed by atoms with Crippen molar-refractivity contribution in [3.63, 3.8) is 0 Å². The summed E-state index contributed by atoms with van der Waals surface area (Å²) in [4.78, 5) is 4.03. The first-order valence-corrected chi connectivity index (χ1v) is 9.42. The zero-order valence-electron chi connectivity index (χ0n) is 14.0. The van der Waals surface area contributed by atoms with Crippen molar-refractivity contribution >= 4 is 11.3 Å². The van der Waals surface area contributed by atoms with Crippen LogP contribution >= 0.6 is 11.3 Å². The molecule has 0 bridgehead atoms. The molecule has 1 atom stereocenters. The fourth-order valence-electron chi connectivity index (χ4n) is 3.39. The van der Waals surface area contributed by atoms with Gasteiger partial charge in [0, 0.05) is 49.6 Å². The summed E-state index contributed by atoms with van der Waals surface area (Å²) >= 11 is 1.87. The van der Waals surface area contributed by atoms with Crippen LogP contribution in [0, 0.1) is 12.8 Å². The minimum atomic E-state index is 0.450. The molecular weight excluding hydrogens is 306 g/mol. The lowest BCUT2D eigenvalue weighted by molar-refractivity contribution is 0.0887. The van der Waals surface area contributed by atoms with Crippen LogP contribution in [0.4, 0.5) is 0 Å². The third kappa shape index (κ3) is 3.37. The molecule has 1 saturated carbocycles. The van der Waals surface area contributed by atoms with Crippen molar-refractivity contribution in [1.82, 2.24) is 14.7 Å². The summed E-state index contributed by atoms with van der Waals surface area (Å²) in [6.07, 6.45) is 4.76. The van der Waals surface area contributed by atoms with Gasteiger partial charge in [0.25, 0.3) is 0 Å². The second-order valence-corrected chi connectivity index (χ2v) is 8.05. The number of rotatable bonds is 6. The van der Waals surface area contributed by atoms with Crippen molar-refractivity contribution in [3.05, 3.63) is 39.3 Å². The largest absolute Gasteiger partial charge is 0.380 e. The molecule has 4 nitrogen and oxygen atoms in total. The van der Waals surface area contributed by atoms with Gasteiger partial charge >= 0.3 is 0 Å². The summed E-state index contributed by atoms with van der Waals surface area (Å²) < 4.78 is 8.05. The zero-order chi connectivity index (χ0) is 15.8. The Morgan fingerprint density at radius 1 is 1.35 bits per heavy atom. The Morgan fingerprint density at radius 2 is 2.22 bits per heavy atom. The van der Waals surface area contributed by atoms with E-state index in [1.807, 2.05) is 22.2 Å². The Kier molecular flexibility index (Phi) is 4.26. The average Bonchev–Trinajstić information content (AvgIpc) is 3.17. The highest BCUT2D eigenvalue weighted by atomic mass is 32.1. The molecule has 1 fully saturated rings. The lowest BCUT2D eigenvalue weighted by Crippen LogP contribution is -2.35. The molecule has 2 aromatic heterocycles. The molecule has 2 aromatic rings. The summed E-state index contributed by atoms with van der Waals surface area (Å²) in [5.41, 5.74) is 4.15. The number of nitrogens with zero attached hydrogens (tertiary/aromatic N) is 3. The minimum Gasteiger partial charge on any atom is -0.380 e. The lowest BCUT2D eigenvalue weighted by atomic mass is 9.95. The molecule has 4 rings (SSSR count). The Bertz CT molecular complexity index is 674. The van der Waals surface area contributed by atoms with Crippen molar-refractivity contribution in [1.29, 1.82) is 0 Å². The number of thiophene rings is 1. The molecule has 124 valence electrons. The maximum absolute atomic E-state index is 6.01. The maximum Gasteiger partial charge on any atom is 0.0557 e. The van der Waals surface area contributed by atoms with Gasteiger partial charge in [-0.05, 0) is 42.7 Å². The van der Waals surface area contributed by atoms with Gasteiger partial charge in [0.15, 0.2) is 0 Å². The molecule has 2 aliphatic rings. The van der Waals surface area contributed by atoms with Crippen molar-refractivity contribution in [2.24, 2.45) is 13.0 Å². The number of hydrogen-bond donors (Lipinski definition) is 0. The molecule has 0 N–H and O–H groups in total. The molecule has 1 unspecified atom stereocenters. The molecule has 0 radical (unpaired) electrons. The maximum atomic E-state index is 6.01. The van der Waals surface area contributed by atoms with E-state index < -0.39 is 0 Å². The van der Waals surface area contributed by atoms with E-state index in [0.717, 1.165) is 38.8 Å². The van der Waals surface area contributed by atoms with Gasteiger partial charge in [0.1, 0.15) is 0 Å². The van der Waals surface area contributed by atoms with Gasteiger partial charge in [0.2, 0.25) is 0 Å². The number of aryl methyl sites for hydroxylation is 2.